The van der Waals surface area contributed by atoms with Gasteiger partial charge in [-0.1, -0.05) is 0 Å². The third-order valence-corrected chi connectivity index (χ3v) is 0.639. The number of hydrogen-bond acceptors (Lipinski definition) is 2. The molecule has 0 spiro atoms. The molecule has 0 unspecified atom stereocenters. The van der Waals surface area contributed by atoms with Crippen LogP contribution in [0, 0.1) is 0 Å². The zero-order valence-electron chi connectivity index (χ0n) is 4.52. The number of oxime groups is 1. The molecule has 9 heavy (non-hydrogen) atoms. The van der Waals surface area contributed by atoms with Crippen molar-refractivity contribution in [2.24, 2.45) is 5.16 Å². The van der Waals surface area contributed by atoms with E-state index < -0.39 is 12.6 Å². The molecule has 0 aliphatic heterocycles. The minimum Gasteiger partial charge on any atom is -0.411 e. The summed E-state index contributed by atoms with van der Waals surface area (Å²) in [4.78, 5) is 0. The van der Waals surface area contributed by atoms with Crippen LogP contribution < -0.4 is 0 Å². The standard InChI is InChI=1S/C4H6F3NO/c5-4(6,7)2-1-3-8-9/h3,9H,1-2H2/b8-3+. The Hall–Kier alpha value is -0.740. The van der Waals surface area contributed by atoms with Crippen LogP contribution in [0.2, 0.25) is 0 Å². The fourth-order valence-electron chi connectivity index (χ4n) is 0.286. The fourth-order valence-corrected chi connectivity index (χ4v) is 0.286. The second-order valence-corrected chi connectivity index (χ2v) is 1.45. The van der Waals surface area contributed by atoms with E-state index in [4.69, 9.17) is 5.21 Å². The molecule has 0 saturated carbocycles. The lowest BCUT2D eigenvalue weighted by molar-refractivity contribution is -0.132. The van der Waals surface area contributed by atoms with Crippen molar-refractivity contribution in [2.45, 2.75) is 19.0 Å². The maximum Gasteiger partial charge on any atom is 0.389 e. The number of rotatable bonds is 2. The molecule has 0 saturated heterocycles. The Morgan fingerprint density at radius 2 is 2.00 bits per heavy atom. The summed E-state index contributed by atoms with van der Waals surface area (Å²) in [6.07, 6.45) is -4.54. The highest BCUT2D eigenvalue weighted by atomic mass is 19.4. The van der Waals surface area contributed by atoms with Crippen molar-refractivity contribution < 1.29 is 18.4 Å². The predicted octanol–water partition coefficient (Wildman–Crippen LogP) is 1.79. The Morgan fingerprint density at radius 3 is 2.33 bits per heavy atom. The van der Waals surface area contributed by atoms with E-state index in [-0.39, 0.29) is 6.42 Å². The van der Waals surface area contributed by atoms with Gasteiger partial charge < -0.3 is 5.21 Å². The largest absolute Gasteiger partial charge is 0.411 e. The molecule has 0 heterocycles. The maximum atomic E-state index is 11.2. The van der Waals surface area contributed by atoms with Gasteiger partial charge in [0.1, 0.15) is 0 Å². The van der Waals surface area contributed by atoms with E-state index in [1.807, 2.05) is 0 Å². The first-order chi connectivity index (χ1) is 4.06. The van der Waals surface area contributed by atoms with Crippen molar-refractivity contribution in [3.63, 3.8) is 0 Å². The smallest absolute Gasteiger partial charge is 0.389 e. The van der Waals surface area contributed by atoms with Gasteiger partial charge in [0.2, 0.25) is 0 Å². The van der Waals surface area contributed by atoms with E-state index in [0.29, 0.717) is 0 Å². The summed E-state index contributed by atoms with van der Waals surface area (Å²) in [5.41, 5.74) is 0. The second kappa shape index (κ2) is 3.32. The lowest BCUT2D eigenvalue weighted by Gasteiger charge is -2.00. The quantitative estimate of drug-likeness (QED) is 0.355. The summed E-state index contributed by atoms with van der Waals surface area (Å²) in [6, 6.07) is 0. The third kappa shape index (κ3) is 7.26. The van der Waals surface area contributed by atoms with Crippen LogP contribution in [0.1, 0.15) is 12.8 Å². The Balaban J connectivity index is 3.28. The van der Waals surface area contributed by atoms with Gasteiger partial charge in [0.25, 0.3) is 0 Å². The fraction of sp³-hybridized carbons (Fsp3) is 0.750. The summed E-state index contributed by atoms with van der Waals surface area (Å²) >= 11 is 0. The van der Waals surface area contributed by atoms with Crippen molar-refractivity contribution in [3.8, 4) is 0 Å². The molecule has 0 radical (unpaired) electrons. The number of alkyl halides is 3. The molecule has 0 atom stereocenters. The summed E-state index contributed by atoms with van der Waals surface area (Å²) in [7, 11) is 0. The van der Waals surface area contributed by atoms with E-state index >= 15 is 0 Å². The molecule has 0 rings (SSSR count). The average Bonchev–Trinajstić information content (AvgIpc) is 1.63. The molecule has 1 N–H and O–H groups in total. The molecule has 5 heteroatoms. The van der Waals surface area contributed by atoms with Gasteiger partial charge in [-0.2, -0.15) is 13.2 Å². The normalized spacial score (nSPS) is 12.8. The van der Waals surface area contributed by atoms with Crippen LogP contribution in [0.4, 0.5) is 13.2 Å². The highest BCUT2D eigenvalue weighted by molar-refractivity contribution is 5.55. The zero-order valence-corrected chi connectivity index (χ0v) is 4.52. The molecule has 0 aromatic rings. The van der Waals surface area contributed by atoms with Gasteiger partial charge in [-0.15, -0.1) is 5.16 Å². The van der Waals surface area contributed by atoms with Crippen LogP contribution in [-0.2, 0) is 0 Å². The molecule has 0 fully saturated rings. The molecule has 0 aromatic heterocycles. The molecule has 0 aromatic carbocycles. The van der Waals surface area contributed by atoms with Crippen LogP contribution in [0.15, 0.2) is 5.16 Å². The van der Waals surface area contributed by atoms with Crippen molar-refractivity contribution in [1.29, 1.82) is 0 Å². The van der Waals surface area contributed by atoms with Crippen molar-refractivity contribution in [3.05, 3.63) is 0 Å². The van der Waals surface area contributed by atoms with Gasteiger partial charge >= 0.3 is 6.18 Å². The van der Waals surface area contributed by atoms with Gasteiger partial charge in [-0.05, 0) is 6.42 Å². The molecule has 0 amide bonds. The monoisotopic (exact) mass is 141 g/mol. The topological polar surface area (TPSA) is 32.6 Å². The summed E-state index contributed by atoms with van der Waals surface area (Å²) in [5, 5.41) is 10.1. The van der Waals surface area contributed by atoms with E-state index in [0.717, 1.165) is 6.21 Å². The predicted molar refractivity (Wildman–Crippen MR) is 25.6 cm³/mol. The number of nitrogens with zero attached hydrogens (tertiary/aromatic N) is 1. The number of hydrogen-bond donors (Lipinski definition) is 1. The Labute approximate surface area is 50.0 Å². The van der Waals surface area contributed by atoms with Gasteiger partial charge in [0.15, 0.2) is 0 Å². The second-order valence-electron chi connectivity index (χ2n) is 1.45. The van der Waals surface area contributed by atoms with E-state index in [1.54, 1.807) is 0 Å². The lowest BCUT2D eigenvalue weighted by atomic mass is 10.3. The Kier molecular flexibility index (Phi) is 3.05. The third-order valence-electron chi connectivity index (χ3n) is 0.639. The van der Waals surface area contributed by atoms with Crippen LogP contribution in [0.5, 0.6) is 0 Å². The Morgan fingerprint density at radius 1 is 1.44 bits per heavy atom. The van der Waals surface area contributed by atoms with E-state index in [9.17, 15) is 13.2 Å². The van der Waals surface area contributed by atoms with Crippen LogP contribution in [0.25, 0.3) is 0 Å². The maximum absolute atomic E-state index is 11.2. The van der Waals surface area contributed by atoms with Gasteiger partial charge in [0.05, 0.1) is 0 Å². The van der Waals surface area contributed by atoms with E-state index in [2.05, 4.69) is 5.16 Å². The van der Waals surface area contributed by atoms with Crippen molar-refractivity contribution >= 4 is 6.21 Å². The van der Waals surface area contributed by atoms with Gasteiger partial charge in [0, 0.05) is 12.6 Å². The summed E-state index contributed by atoms with van der Waals surface area (Å²) in [6.45, 7) is 0. The van der Waals surface area contributed by atoms with Gasteiger partial charge in [-0.25, -0.2) is 0 Å². The Bertz CT molecular complexity index is 98.5. The lowest BCUT2D eigenvalue weighted by Crippen LogP contribution is -2.06. The van der Waals surface area contributed by atoms with Crippen molar-refractivity contribution in [1.82, 2.24) is 0 Å². The highest BCUT2D eigenvalue weighted by Crippen LogP contribution is 2.20. The molecule has 0 aliphatic rings. The summed E-state index contributed by atoms with van der Waals surface area (Å²) in [5.74, 6) is 0. The van der Waals surface area contributed by atoms with Gasteiger partial charge in [-0.3, -0.25) is 0 Å². The SMILES string of the molecule is O/N=C/CCC(F)(F)F. The zero-order chi connectivity index (χ0) is 7.33. The van der Waals surface area contributed by atoms with Crippen LogP contribution in [-0.4, -0.2) is 17.6 Å². The van der Waals surface area contributed by atoms with E-state index in [1.165, 1.54) is 0 Å². The minimum absolute atomic E-state index is 0.264. The average molecular weight is 141 g/mol. The van der Waals surface area contributed by atoms with Crippen LogP contribution in [0.3, 0.4) is 0 Å². The first-order valence-electron chi connectivity index (χ1n) is 2.29. The molecular weight excluding hydrogens is 135 g/mol. The number of halogens is 3. The molecule has 54 valence electrons. The summed E-state index contributed by atoms with van der Waals surface area (Å²) < 4.78 is 33.7. The minimum atomic E-state index is -4.15. The molecule has 0 aliphatic carbocycles. The molecule has 0 bridgehead atoms. The highest BCUT2D eigenvalue weighted by Gasteiger charge is 2.25. The first-order valence-corrected chi connectivity index (χ1v) is 2.29. The molecular formula is C4H6F3NO. The first kappa shape index (κ1) is 8.26. The van der Waals surface area contributed by atoms with Crippen LogP contribution >= 0.6 is 0 Å². The molecule has 2 nitrogen and oxygen atoms in total. The van der Waals surface area contributed by atoms with Crippen molar-refractivity contribution in [2.75, 3.05) is 0 Å².